The Morgan fingerprint density at radius 3 is 2.93 bits per heavy atom. The third-order valence-corrected chi connectivity index (χ3v) is 5.08. The zero-order valence-electron chi connectivity index (χ0n) is 15.8. The summed E-state index contributed by atoms with van der Waals surface area (Å²) in [7, 11) is -1.74. The zero-order valence-corrected chi connectivity index (χ0v) is 15.8. The first-order valence-corrected chi connectivity index (χ1v) is 9.53. The molecule has 3 aromatic rings. The second-order valence-corrected chi connectivity index (χ2v) is 7.11. The number of hydrogen-bond acceptors (Lipinski definition) is 6. The molecule has 29 heavy (non-hydrogen) atoms. The van der Waals surface area contributed by atoms with Crippen molar-refractivity contribution in [3.05, 3.63) is 71.0 Å². The Balaban J connectivity index is 1.36. The van der Waals surface area contributed by atoms with E-state index in [2.05, 4.69) is 5.32 Å². The standard InChI is InChI=1S/C21H22BNO6/c24-21(29-11-14-5-6-15-7-8-27-12-16(15)9-14)23-20(22(25)26)10-17-13-28-19-4-2-1-3-18(17)19/h1-6,9,13,20,25-26H,7-8,10-12H2,(H,23,24)/t20-/m0/s1. The molecule has 2 aromatic carbocycles. The number of amides is 1. The lowest BCUT2D eigenvalue weighted by Crippen LogP contribution is -2.48. The summed E-state index contributed by atoms with van der Waals surface area (Å²) >= 11 is 0. The molecule has 0 radical (unpaired) electrons. The summed E-state index contributed by atoms with van der Waals surface area (Å²) in [6.07, 6.45) is 1.92. The summed E-state index contributed by atoms with van der Waals surface area (Å²) in [6.45, 7) is 1.37. The third-order valence-electron chi connectivity index (χ3n) is 5.08. The van der Waals surface area contributed by atoms with Gasteiger partial charge < -0.3 is 29.3 Å². The minimum Gasteiger partial charge on any atom is -0.464 e. The smallest absolute Gasteiger partial charge is 0.464 e. The molecule has 1 aliphatic rings. The van der Waals surface area contributed by atoms with Crippen LogP contribution in [0.3, 0.4) is 0 Å². The predicted molar refractivity (Wildman–Crippen MR) is 107 cm³/mol. The number of carbonyl (C=O) groups is 1. The molecular formula is C21H22BNO6. The Kier molecular flexibility index (Phi) is 5.85. The predicted octanol–water partition coefficient (Wildman–Crippen LogP) is 2.36. The van der Waals surface area contributed by atoms with Crippen LogP contribution in [0.2, 0.25) is 0 Å². The second-order valence-electron chi connectivity index (χ2n) is 7.11. The van der Waals surface area contributed by atoms with Gasteiger partial charge in [0.1, 0.15) is 12.2 Å². The van der Waals surface area contributed by atoms with Crippen molar-refractivity contribution in [2.24, 2.45) is 0 Å². The van der Waals surface area contributed by atoms with Gasteiger partial charge in [-0.25, -0.2) is 4.79 Å². The van der Waals surface area contributed by atoms with Crippen molar-refractivity contribution >= 4 is 24.2 Å². The number of benzene rings is 2. The summed E-state index contributed by atoms with van der Waals surface area (Å²) < 4.78 is 16.2. The number of carbonyl (C=O) groups excluding carboxylic acids is 1. The van der Waals surface area contributed by atoms with Crippen LogP contribution in [0.15, 0.2) is 53.1 Å². The van der Waals surface area contributed by atoms with Crippen LogP contribution in [0.1, 0.15) is 22.3 Å². The molecule has 8 heteroatoms. The van der Waals surface area contributed by atoms with Gasteiger partial charge in [-0.15, -0.1) is 0 Å². The van der Waals surface area contributed by atoms with Crippen molar-refractivity contribution in [2.45, 2.75) is 32.0 Å². The Bertz CT molecular complexity index is 1000. The van der Waals surface area contributed by atoms with Gasteiger partial charge in [0.2, 0.25) is 0 Å². The van der Waals surface area contributed by atoms with Gasteiger partial charge in [0, 0.05) is 5.39 Å². The second kappa shape index (κ2) is 8.69. The Hall–Kier alpha value is -2.81. The van der Waals surface area contributed by atoms with Crippen LogP contribution in [0.25, 0.3) is 11.0 Å². The highest BCUT2D eigenvalue weighted by atomic mass is 16.5. The van der Waals surface area contributed by atoms with E-state index in [1.807, 2.05) is 42.5 Å². The molecule has 0 spiro atoms. The number of para-hydroxylation sites is 1. The first kappa shape index (κ1) is 19.5. The lowest BCUT2D eigenvalue weighted by Gasteiger charge is -2.18. The minimum atomic E-state index is -1.74. The van der Waals surface area contributed by atoms with E-state index in [9.17, 15) is 14.8 Å². The van der Waals surface area contributed by atoms with E-state index in [4.69, 9.17) is 13.9 Å². The third kappa shape index (κ3) is 4.62. The molecule has 7 nitrogen and oxygen atoms in total. The van der Waals surface area contributed by atoms with E-state index in [-0.39, 0.29) is 13.0 Å². The van der Waals surface area contributed by atoms with Crippen LogP contribution < -0.4 is 5.32 Å². The molecule has 1 aliphatic heterocycles. The number of rotatable bonds is 6. The fourth-order valence-corrected chi connectivity index (χ4v) is 3.51. The lowest BCUT2D eigenvalue weighted by molar-refractivity contribution is 0.110. The first-order chi connectivity index (χ1) is 14.1. The summed E-state index contributed by atoms with van der Waals surface area (Å²) in [5.74, 6) is -0.930. The fourth-order valence-electron chi connectivity index (χ4n) is 3.51. The monoisotopic (exact) mass is 395 g/mol. The maximum Gasteiger partial charge on any atom is 0.475 e. The van der Waals surface area contributed by atoms with E-state index in [0.29, 0.717) is 12.2 Å². The highest BCUT2D eigenvalue weighted by Crippen LogP contribution is 2.22. The number of furan rings is 1. The van der Waals surface area contributed by atoms with E-state index < -0.39 is 19.2 Å². The van der Waals surface area contributed by atoms with Crippen molar-refractivity contribution in [3.63, 3.8) is 0 Å². The summed E-state index contributed by atoms with van der Waals surface area (Å²) in [6, 6.07) is 13.4. The molecule has 150 valence electrons. The molecule has 0 fully saturated rings. The highest BCUT2D eigenvalue weighted by molar-refractivity contribution is 6.43. The van der Waals surface area contributed by atoms with Gasteiger partial charge in [0.05, 0.1) is 25.4 Å². The van der Waals surface area contributed by atoms with Gasteiger partial charge in [-0.05, 0) is 47.2 Å². The normalized spacial score (nSPS) is 14.3. The average molecular weight is 395 g/mol. The van der Waals surface area contributed by atoms with Gasteiger partial charge in [0.15, 0.2) is 0 Å². The van der Waals surface area contributed by atoms with Crippen LogP contribution in [0.5, 0.6) is 0 Å². The SMILES string of the molecule is O=C(N[C@@H](Cc1coc2ccccc12)B(O)O)OCc1ccc2c(c1)COCC2. The quantitative estimate of drug-likeness (QED) is 0.554. The van der Waals surface area contributed by atoms with E-state index >= 15 is 0 Å². The number of hydrogen-bond donors (Lipinski definition) is 3. The van der Waals surface area contributed by atoms with Gasteiger partial charge in [-0.2, -0.15) is 0 Å². The Morgan fingerprint density at radius 2 is 2.07 bits per heavy atom. The van der Waals surface area contributed by atoms with Crippen molar-refractivity contribution in [3.8, 4) is 0 Å². The van der Waals surface area contributed by atoms with Crippen LogP contribution in [0.4, 0.5) is 4.79 Å². The topological polar surface area (TPSA) is 101 Å². The molecule has 3 N–H and O–H groups in total. The maximum absolute atomic E-state index is 12.2. The van der Waals surface area contributed by atoms with E-state index in [0.717, 1.165) is 35.1 Å². The fraction of sp³-hybridized carbons (Fsp3) is 0.286. The molecule has 0 saturated heterocycles. The van der Waals surface area contributed by atoms with E-state index in [1.165, 1.54) is 5.56 Å². The first-order valence-electron chi connectivity index (χ1n) is 9.53. The molecule has 0 bridgehead atoms. The lowest BCUT2D eigenvalue weighted by atomic mass is 9.76. The van der Waals surface area contributed by atoms with Gasteiger partial charge in [-0.3, -0.25) is 0 Å². The molecule has 1 atom stereocenters. The summed E-state index contributed by atoms with van der Waals surface area (Å²) in [5.41, 5.74) is 4.68. The molecule has 1 aromatic heterocycles. The molecule has 0 unspecified atom stereocenters. The van der Waals surface area contributed by atoms with Crippen molar-refractivity contribution in [1.29, 1.82) is 0 Å². The average Bonchev–Trinajstić information content (AvgIpc) is 3.14. The van der Waals surface area contributed by atoms with Gasteiger partial charge >= 0.3 is 13.2 Å². The van der Waals surface area contributed by atoms with Crippen LogP contribution in [0, 0.1) is 0 Å². The molecule has 2 heterocycles. The summed E-state index contributed by atoms with van der Waals surface area (Å²) in [4.78, 5) is 12.2. The van der Waals surface area contributed by atoms with Gasteiger partial charge in [0.25, 0.3) is 0 Å². The molecule has 0 saturated carbocycles. The summed E-state index contributed by atoms with van der Waals surface area (Å²) in [5, 5.41) is 22.8. The molecule has 0 aliphatic carbocycles. The number of alkyl carbamates (subject to hydrolysis) is 1. The molecular weight excluding hydrogens is 373 g/mol. The number of ether oxygens (including phenoxy) is 2. The molecule has 1 amide bonds. The van der Waals surface area contributed by atoms with Crippen LogP contribution in [-0.4, -0.2) is 35.8 Å². The van der Waals surface area contributed by atoms with Crippen molar-refractivity contribution in [1.82, 2.24) is 5.32 Å². The largest absolute Gasteiger partial charge is 0.475 e. The Morgan fingerprint density at radius 1 is 1.21 bits per heavy atom. The Labute approximate surface area is 168 Å². The van der Waals surface area contributed by atoms with Crippen LogP contribution in [-0.2, 0) is 35.5 Å². The molecule has 4 rings (SSSR count). The van der Waals surface area contributed by atoms with Gasteiger partial charge in [-0.1, -0.05) is 30.3 Å². The number of nitrogens with one attached hydrogen (secondary N) is 1. The number of fused-ring (bicyclic) bond motifs is 2. The minimum absolute atomic E-state index is 0.0853. The van der Waals surface area contributed by atoms with Crippen LogP contribution >= 0.6 is 0 Å². The van der Waals surface area contributed by atoms with Crippen molar-refractivity contribution in [2.75, 3.05) is 6.61 Å². The highest BCUT2D eigenvalue weighted by Gasteiger charge is 2.27. The maximum atomic E-state index is 12.2. The zero-order chi connectivity index (χ0) is 20.2. The van der Waals surface area contributed by atoms with E-state index in [1.54, 1.807) is 6.26 Å². The van der Waals surface area contributed by atoms with Crippen molar-refractivity contribution < 1.29 is 28.7 Å².